The van der Waals surface area contributed by atoms with Gasteiger partial charge in [-0.15, -0.1) is 11.3 Å². The van der Waals surface area contributed by atoms with E-state index >= 15 is 0 Å². The van der Waals surface area contributed by atoms with Gasteiger partial charge in [-0.05, 0) is 38.6 Å². The van der Waals surface area contributed by atoms with Crippen molar-refractivity contribution in [2.24, 2.45) is 0 Å². The maximum absolute atomic E-state index is 10.1. The minimum atomic E-state index is -0.396. The lowest BCUT2D eigenvalue weighted by Crippen LogP contribution is -2.27. The van der Waals surface area contributed by atoms with Gasteiger partial charge in [-0.1, -0.05) is 11.2 Å². The molecular formula is C14H20N2O2S. The number of nitrogens with one attached hydrogen (secondary N) is 1. The average molecular weight is 280 g/mol. The van der Waals surface area contributed by atoms with Crippen LogP contribution in [0.15, 0.2) is 22.0 Å². The second kappa shape index (κ2) is 6.32. The number of aliphatic hydroxyl groups excluding tert-OH is 1. The van der Waals surface area contributed by atoms with Crippen molar-refractivity contribution in [3.05, 3.63) is 39.4 Å². The van der Waals surface area contributed by atoms with Crippen LogP contribution in [0, 0.1) is 13.8 Å². The molecule has 0 saturated carbocycles. The molecule has 0 spiro atoms. The third-order valence-electron chi connectivity index (χ3n) is 3.26. The van der Waals surface area contributed by atoms with Crippen molar-refractivity contribution < 1.29 is 9.63 Å². The fourth-order valence-corrected chi connectivity index (χ4v) is 2.77. The molecule has 0 aromatic carbocycles. The summed E-state index contributed by atoms with van der Waals surface area (Å²) in [7, 11) is 0. The number of aryl methyl sites for hydroxylation is 2. The van der Waals surface area contributed by atoms with Crippen LogP contribution in [0.4, 0.5) is 0 Å². The van der Waals surface area contributed by atoms with E-state index in [0.717, 1.165) is 28.4 Å². The Morgan fingerprint density at radius 2 is 2.26 bits per heavy atom. The lowest BCUT2D eigenvalue weighted by atomic mass is 10.1. The molecule has 0 bridgehead atoms. The molecule has 4 nitrogen and oxygen atoms in total. The van der Waals surface area contributed by atoms with Crippen molar-refractivity contribution in [2.75, 3.05) is 0 Å². The zero-order valence-electron chi connectivity index (χ0n) is 11.5. The number of hydrogen-bond donors (Lipinski definition) is 2. The number of rotatable bonds is 6. The molecule has 2 rings (SSSR count). The minimum absolute atomic E-state index is 0.228. The van der Waals surface area contributed by atoms with Crippen molar-refractivity contribution in [1.82, 2.24) is 10.5 Å². The van der Waals surface area contributed by atoms with Gasteiger partial charge in [-0.2, -0.15) is 0 Å². The summed E-state index contributed by atoms with van der Waals surface area (Å²) >= 11 is 1.59. The lowest BCUT2D eigenvalue weighted by molar-refractivity contribution is 0.157. The van der Waals surface area contributed by atoms with Crippen molar-refractivity contribution >= 4 is 11.3 Å². The molecule has 0 amide bonds. The standard InChI is InChI=1S/C14H20N2O2S/c1-9(7-13(17)14-5-4-6-19-14)15-8-12-10(2)16-18-11(12)3/h4-6,9,13,15,17H,7-8H2,1-3H3. The van der Waals surface area contributed by atoms with Gasteiger partial charge in [-0.3, -0.25) is 0 Å². The fraction of sp³-hybridized carbons (Fsp3) is 0.500. The van der Waals surface area contributed by atoms with Gasteiger partial charge in [-0.25, -0.2) is 0 Å². The molecule has 0 fully saturated rings. The highest BCUT2D eigenvalue weighted by Crippen LogP contribution is 2.23. The van der Waals surface area contributed by atoms with Gasteiger partial charge in [0.05, 0.1) is 11.8 Å². The van der Waals surface area contributed by atoms with E-state index < -0.39 is 6.10 Å². The number of nitrogens with zero attached hydrogens (tertiary/aromatic N) is 1. The molecule has 2 N–H and O–H groups in total. The Balaban J connectivity index is 1.83. The SMILES string of the molecule is Cc1noc(C)c1CNC(C)CC(O)c1cccs1. The summed E-state index contributed by atoms with van der Waals surface area (Å²) in [5, 5.41) is 19.4. The normalized spacial score (nSPS) is 14.5. The molecule has 2 heterocycles. The Bertz CT molecular complexity index is 488. The molecule has 0 aliphatic rings. The van der Waals surface area contributed by atoms with E-state index in [2.05, 4.69) is 17.4 Å². The van der Waals surface area contributed by atoms with Crippen LogP contribution in [-0.2, 0) is 6.54 Å². The van der Waals surface area contributed by atoms with Gasteiger partial charge in [0.1, 0.15) is 5.76 Å². The molecule has 0 aliphatic heterocycles. The molecule has 0 aliphatic carbocycles. The summed E-state index contributed by atoms with van der Waals surface area (Å²) in [6, 6.07) is 4.16. The minimum Gasteiger partial charge on any atom is -0.388 e. The van der Waals surface area contributed by atoms with Crippen LogP contribution in [0.3, 0.4) is 0 Å². The summed E-state index contributed by atoms with van der Waals surface area (Å²) in [5.74, 6) is 0.857. The Morgan fingerprint density at radius 1 is 1.47 bits per heavy atom. The lowest BCUT2D eigenvalue weighted by Gasteiger charge is -2.17. The van der Waals surface area contributed by atoms with Crippen LogP contribution in [0.25, 0.3) is 0 Å². The molecule has 2 aromatic rings. The Hall–Kier alpha value is -1.17. The topological polar surface area (TPSA) is 58.3 Å². The van der Waals surface area contributed by atoms with E-state index in [0.29, 0.717) is 6.42 Å². The van der Waals surface area contributed by atoms with E-state index in [4.69, 9.17) is 4.52 Å². The molecule has 5 heteroatoms. The number of thiophene rings is 1. The van der Waals surface area contributed by atoms with Crippen molar-refractivity contribution in [1.29, 1.82) is 0 Å². The molecule has 19 heavy (non-hydrogen) atoms. The van der Waals surface area contributed by atoms with Gasteiger partial charge < -0.3 is 14.9 Å². The van der Waals surface area contributed by atoms with E-state index in [-0.39, 0.29) is 6.04 Å². The largest absolute Gasteiger partial charge is 0.388 e. The molecule has 2 unspecified atom stereocenters. The first-order valence-corrected chi connectivity index (χ1v) is 7.32. The summed E-state index contributed by atoms with van der Waals surface area (Å²) in [6.45, 7) is 6.66. The van der Waals surface area contributed by atoms with Gasteiger partial charge in [0.15, 0.2) is 0 Å². The molecule has 2 atom stereocenters. The van der Waals surface area contributed by atoms with Crippen molar-refractivity contribution in [3.8, 4) is 0 Å². The Labute approximate surface area is 117 Å². The van der Waals surface area contributed by atoms with Crippen LogP contribution in [0.1, 0.15) is 41.3 Å². The highest BCUT2D eigenvalue weighted by molar-refractivity contribution is 7.10. The fourth-order valence-electron chi connectivity index (χ4n) is 2.05. The second-order valence-corrected chi connectivity index (χ2v) is 5.83. The monoisotopic (exact) mass is 280 g/mol. The van der Waals surface area contributed by atoms with Crippen LogP contribution in [0.5, 0.6) is 0 Å². The summed E-state index contributed by atoms with van der Waals surface area (Å²) in [4.78, 5) is 1.02. The van der Waals surface area contributed by atoms with Crippen LogP contribution < -0.4 is 5.32 Å². The molecular weight excluding hydrogens is 260 g/mol. The van der Waals surface area contributed by atoms with E-state index in [1.165, 1.54) is 0 Å². The number of aromatic nitrogens is 1. The summed E-state index contributed by atoms with van der Waals surface area (Å²) in [6.07, 6.45) is 0.302. The quantitative estimate of drug-likeness (QED) is 0.854. The van der Waals surface area contributed by atoms with Gasteiger partial charge >= 0.3 is 0 Å². The zero-order valence-corrected chi connectivity index (χ0v) is 12.3. The second-order valence-electron chi connectivity index (χ2n) is 4.85. The van der Waals surface area contributed by atoms with E-state index in [1.807, 2.05) is 31.4 Å². The average Bonchev–Trinajstić information content (AvgIpc) is 2.98. The maximum atomic E-state index is 10.1. The molecule has 0 saturated heterocycles. The molecule has 104 valence electrons. The Morgan fingerprint density at radius 3 is 2.84 bits per heavy atom. The van der Waals surface area contributed by atoms with Crippen molar-refractivity contribution in [3.63, 3.8) is 0 Å². The predicted molar refractivity (Wildman–Crippen MR) is 76.2 cm³/mol. The summed E-state index contributed by atoms with van der Waals surface area (Å²) in [5.41, 5.74) is 2.04. The smallest absolute Gasteiger partial charge is 0.138 e. The number of hydrogen-bond acceptors (Lipinski definition) is 5. The van der Waals surface area contributed by atoms with Crippen molar-refractivity contribution in [2.45, 2.75) is 45.9 Å². The predicted octanol–water partition coefficient (Wildman–Crippen LogP) is 2.95. The van der Waals surface area contributed by atoms with Crippen LogP contribution in [-0.4, -0.2) is 16.3 Å². The van der Waals surface area contributed by atoms with Crippen LogP contribution >= 0.6 is 11.3 Å². The van der Waals surface area contributed by atoms with Crippen LogP contribution in [0.2, 0.25) is 0 Å². The highest BCUT2D eigenvalue weighted by Gasteiger charge is 2.14. The Kier molecular flexibility index (Phi) is 4.74. The van der Waals surface area contributed by atoms with Gasteiger partial charge in [0.25, 0.3) is 0 Å². The summed E-state index contributed by atoms with van der Waals surface area (Å²) < 4.78 is 5.13. The third-order valence-corrected chi connectivity index (χ3v) is 4.23. The zero-order chi connectivity index (χ0) is 13.8. The first kappa shape index (κ1) is 14.2. The number of aliphatic hydroxyl groups is 1. The maximum Gasteiger partial charge on any atom is 0.138 e. The first-order chi connectivity index (χ1) is 9.08. The molecule has 2 aromatic heterocycles. The van der Waals surface area contributed by atoms with E-state index in [9.17, 15) is 5.11 Å². The molecule has 0 radical (unpaired) electrons. The highest BCUT2D eigenvalue weighted by atomic mass is 32.1. The van der Waals surface area contributed by atoms with Gasteiger partial charge in [0.2, 0.25) is 0 Å². The third kappa shape index (κ3) is 3.65. The van der Waals surface area contributed by atoms with Gasteiger partial charge in [0, 0.05) is 23.0 Å². The van der Waals surface area contributed by atoms with E-state index in [1.54, 1.807) is 11.3 Å². The first-order valence-electron chi connectivity index (χ1n) is 6.44.